The third-order valence-corrected chi connectivity index (χ3v) is 5.37. The molecule has 0 saturated heterocycles. The quantitative estimate of drug-likeness (QED) is 0.811. The third kappa shape index (κ3) is 4.21. The number of aliphatic hydroxyl groups excluding tert-OH is 1. The molecule has 0 aliphatic heterocycles. The predicted molar refractivity (Wildman–Crippen MR) is 83.4 cm³/mol. The Kier molecular flexibility index (Phi) is 6.06. The van der Waals surface area contributed by atoms with Crippen LogP contribution < -0.4 is 5.32 Å². The number of amides is 1. The zero-order chi connectivity index (χ0) is 15.4. The van der Waals surface area contributed by atoms with Crippen LogP contribution in [0.1, 0.15) is 73.1 Å². The van der Waals surface area contributed by atoms with E-state index in [2.05, 4.69) is 26.1 Å². The molecule has 1 amide bonds. The lowest BCUT2D eigenvalue weighted by molar-refractivity contribution is -0.129. The van der Waals surface area contributed by atoms with Crippen molar-refractivity contribution in [1.29, 1.82) is 0 Å². The first-order valence-corrected chi connectivity index (χ1v) is 8.21. The van der Waals surface area contributed by atoms with E-state index >= 15 is 0 Å². The first-order chi connectivity index (χ1) is 9.28. The normalized spacial score (nSPS) is 24.5. The van der Waals surface area contributed by atoms with Crippen molar-refractivity contribution in [3.63, 3.8) is 0 Å². The van der Waals surface area contributed by atoms with Gasteiger partial charge < -0.3 is 10.4 Å². The van der Waals surface area contributed by atoms with Crippen LogP contribution >= 0.6 is 0 Å². The maximum Gasteiger partial charge on any atom is 0.223 e. The van der Waals surface area contributed by atoms with Crippen molar-refractivity contribution in [1.82, 2.24) is 5.32 Å². The molecule has 1 saturated carbocycles. The van der Waals surface area contributed by atoms with Crippen molar-refractivity contribution in [2.45, 2.75) is 78.7 Å². The van der Waals surface area contributed by atoms with Crippen LogP contribution in [0.2, 0.25) is 0 Å². The molecule has 3 nitrogen and oxygen atoms in total. The number of hydrogen-bond acceptors (Lipinski definition) is 2. The van der Waals surface area contributed by atoms with Gasteiger partial charge in [0.05, 0.1) is 12.1 Å². The van der Waals surface area contributed by atoms with Crippen LogP contribution in [0, 0.1) is 17.3 Å². The Balaban J connectivity index is 2.55. The molecule has 3 heteroatoms. The standard InChI is InChI=1S/C17H33NO2/c1-6-17(7-2,12-19)18-15(20)13-8-10-14(11-9-13)16(3,4)5/h13-14,19H,6-12H2,1-5H3,(H,18,20). The molecule has 0 heterocycles. The van der Waals surface area contributed by atoms with Crippen molar-refractivity contribution in [3.8, 4) is 0 Å². The molecular weight excluding hydrogens is 250 g/mol. The second-order valence-corrected chi connectivity index (χ2v) is 7.55. The molecule has 0 aromatic carbocycles. The molecule has 1 aliphatic carbocycles. The van der Waals surface area contributed by atoms with E-state index in [9.17, 15) is 9.90 Å². The number of rotatable bonds is 5. The van der Waals surface area contributed by atoms with E-state index in [0.29, 0.717) is 5.41 Å². The highest BCUT2D eigenvalue weighted by atomic mass is 16.3. The van der Waals surface area contributed by atoms with Gasteiger partial charge in [-0.3, -0.25) is 4.79 Å². The monoisotopic (exact) mass is 283 g/mol. The van der Waals surface area contributed by atoms with Gasteiger partial charge in [0.15, 0.2) is 0 Å². The molecule has 0 unspecified atom stereocenters. The van der Waals surface area contributed by atoms with Crippen LogP contribution in [0.15, 0.2) is 0 Å². The third-order valence-electron chi connectivity index (χ3n) is 5.37. The highest BCUT2D eigenvalue weighted by Gasteiger charge is 2.35. The molecule has 0 spiro atoms. The Hall–Kier alpha value is -0.570. The fraction of sp³-hybridized carbons (Fsp3) is 0.941. The fourth-order valence-corrected chi connectivity index (χ4v) is 3.27. The van der Waals surface area contributed by atoms with Gasteiger partial charge >= 0.3 is 0 Å². The van der Waals surface area contributed by atoms with Crippen LogP contribution in [0.5, 0.6) is 0 Å². The van der Waals surface area contributed by atoms with E-state index in [1.54, 1.807) is 0 Å². The Bertz CT molecular complexity index is 299. The lowest BCUT2D eigenvalue weighted by atomic mass is 9.69. The van der Waals surface area contributed by atoms with E-state index in [1.165, 1.54) is 0 Å². The number of carbonyl (C=O) groups excluding carboxylic acids is 1. The Morgan fingerprint density at radius 2 is 1.60 bits per heavy atom. The highest BCUT2D eigenvalue weighted by Crippen LogP contribution is 2.40. The number of nitrogens with one attached hydrogen (secondary N) is 1. The minimum absolute atomic E-state index is 0.0308. The lowest BCUT2D eigenvalue weighted by Gasteiger charge is -2.38. The molecule has 2 N–H and O–H groups in total. The molecule has 0 radical (unpaired) electrons. The SMILES string of the molecule is CCC(CC)(CO)NC(=O)C1CCC(C(C)(C)C)CC1. The summed E-state index contributed by atoms with van der Waals surface area (Å²) in [6.45, 7) is 11.0. The second-order valence-electron chi connectivity index (χ2n) is 7.55. The lowest BCUT2D eigenvalue weighted by Crippen LogP contribution is -2.52. The summed E-state index contributed by atoms with van der Waals surface area (Å²) in [5.74, 6) is 1.01. The minimum Gasteiger partial charge on any atom is -0.394 e. The largest absolute Gasteiger partial charge is 0.394 e. The summed E-state index contributed by atoms with van der Waals surface area (Å²) in [7, 11) is 0. The zero-order valence-electron chi connectivity index (χ0n) is 14.0. The van der Waals surface area contributed by atoms with Crippen molar-refractivity contribution in [3.05, 3.63) is 0 Å². The predicted octanol–water partition coefficient (Wildman–Crippen LogP) is 3.51. The summed E-state index contributed by atoms with van der Waals surface area (Å²) < 4.78 is 0. The van der Waals surface area contributed by atoms with Gasteiger partial charge in [-0.1, -0.05) is 34.6 Å². The summed E-state index contributed by atoms with van der Waals surface area (Å²) in [5.41, 5.74) is -0.0684. The molecule has 1 rings (SSSR count). The Labute approximate surface area is 124 Å². The van der Waals surface area contributed by atoms with Crippen LogP contribution in [0.25, 0.3) is 0 Å². The van der Waals surface area contributed by atoms with E-state index in [-0.39, 0.29) is 18.4 Å². The van der Waals surface area contributed by atoms with Gasteiger partial charge in [0.2, 0.25) is 5.91 Å². The van der Waals surface area contributed by atoms with Gasteiger partial charge in [-0.15, -0.1) is 0 Å². The molecule has 0 aromatic heterocycles. The maximum atomic E-state index is 12.4. The van der Waals surface area contributed by atoms with Crippen LogP contribution in [0.3, 0.4) is 0 Å². The molecule has 1 fully saturated rings. The van der Waals surface area contributed by atoms with Gasteiger partial charge in [0.25, 0.3) is 0 Å². The number of hydrogen-bond donors (Lipinski definition) is 2. The summed E-state index contributed by atoms with van der Waals surface area (Å²) in [5, 5.41) is 12.7. The van der Waals surface area contributed by atoms with E-state index in [1.807, 2.05) is 13.8 Å². The smallest absolute Gasteiger partial charge is 0.223 e. The number of carbonyl (C=O) groups is 1. The first-order valence-electron chi connectivity index (χ1n) is 8.21. The summed E-state index contributed by atoms with van der Waals surface area (Å²) in [4.78, 5) is 12.4. The van der Waals surface area contributed by atoms with E-state index < -0.39 is 5.54 Å². The molecule has 0 aromatic rings. The highest BCUT2D eigenvalue weighted by molar-refractivity contribution is 5.79. The number of aliphatic hydroxyl groups is 1. The fourth-order valence-electron chi connectivity index (χ4n) is 3.27. The van der Waals surface area contributed by atoms with Crippen LogP contribution in [0.4, 0.5) is 0 Å². The maximum absolute atomic E-state index is 12.4. The summed E-state index contributed by atoms with van der Waals surface area (Å²) in [6.07, 6.45) is 5.83. The van der Waals surface area contributed by atoms with Gasteiger partial charge in [0, 0.05) is 5.92 Å². The Morgan fingerprint density at radius 1 is 1.10 bits per heavy atom. The first kappa shape index (κ1) is 17.5. The molecule has 1 aliphatic rings. The minimum atomic E-state index is -0.419. The van der Waals surface area contributed by atoms with Gasteiger partial charge in [-0.05, 0) is 49.9 Å². The van der Waals surface area contributed by atoms with Crippen molar-refractivity contribution in [2.24, 2.45) is 17.3 Å². The van der Waals surface area contributed by atoms with Crippen molar-refractivity contribution < 1.29 is 9.90 Å². The van der Waals surface area contributed by atoms with Gasteiger partial charge in [-0.25, -0.2) is 0 Å². The zero-order valence-corrected chi connectivity index (χ0v) is 14.0. The van der Waals surface area contributed by atoms with Crippen LogP contribution in [-0.4, -0.2) is 23.2 Å². The molecule has 20 heavy (non-hydrogen) atoms. The van der Waals surface area contributed by atoms with Gasteiger partial charge in [-0.2, -0.15) is 0 Å². The average molecular weight is 283 g/mol. The van der Waals surface area contributed by atoms with E-state index in [0.717, 1.165) is 44.4 Å². The summed E-state index contributed by atoms with van der Waals surface area (Å²) in [6, 6.07) is 0. The molecule has 118 valence electrons. The second kappa shape index (κ2) is 6.93. The average Bonchev–Trinajstić information content (AvgIpc) is 2.44. The Morgan fingerprint density at radius 3 is 1.95 bits per heavy atom. The van der Waals surface area contributed by atoms with Crippen molar-refractivity contribution in [2.75, 3.05) is 6.61 Å². The molecular formula is C17H33NO2. The van der Waals surface area contributed by atoms with Crippen LogP contribution in [-0.2, 0) is 4.79 Å². The topological polar surface area (TPSA) is 49.3 Å². The molecule has 0 atom stereocenters. The summed E-state index contributed by atoms with van der Waals surface area (Å²) >= 11 is 0. The molecule has 0 bridgehead atoms. The van der Waals surface area contributed by atoms with E-state index in [4.69, 9.17) is 0 Å². The van der Waals surface area contributed by atoms with Crippen molar-refractivity contribution >= 4 is 5.91 Å². The van der Waals surface area contributed by atoms with Gasteiger partial charge in [0.1, 0.15) is 0 Å².